The van der Waals surface area contributed by atoms with Gasteiger partial charge in [0.15, 0.2) is 0 Å². The summed E-state index contributed by atoms with van der Waals surface area (Å²) < 4.78 is 17.7. The summed E-state index contributed by atoms with van der Waals surface area (Å²) >= 11 is 0. The first-order valence-corrected chi connectivity index (χ1v) is 7.55. The van der Waals surface area contributed by atoms with Gasteiger partial charge in [0.1, 0.15) is 17.9 Å². The Morgan fingerprint density at radius 2 is 2.08 bits per heavy atom. The molecule has 1 heterocycles. The van der Waals surface area contributed by atoms with E-state index in [0.29, 0.717) is 35.0 Å². The molecule has 1 aromatic rings. The molecule has 128 valence electrons. The summed E-state index contributed by atoms with van der Waals surface area (Å²) in [6.07, 6.45) is 4.07. The molecule has 6 heteroatoms. The van der Waals surface area contributed by atoms with Crippen LogP contribution in [-0.4, -0.2) is 22.2 Å². The zero-order valence-electron chi connectivity index (χ0n) is 13.6. The number of carboxylic acids is 1. The van der Waals surface area contributed by atoms with Crippen molar-refractivity contribution in [2.45, 2.75) is 39.7 Å². The third kappa shape index (κ3) is 3.48. The van der Waals surface area contributed by atoms with Gasteiger partial charge in [0.2, 0.25) is 0 Å². The predicted octanol–water partition coefficient (Wildman–Crippen LogP) is 3.66. The molecule has 1 aliphatic rings. The number of hydrogen-bond donors (Lipinski definition) is 2. The molecule has 0 spiro atoms. The second kappa shape index (κ2) is 7.29. The van der Waals surface area contributed by atoms with E-state index in [0.717, 1.165) is 5.57 Å². The second-order valence-corrected chi connectivity index (χ2v) is 5.74. The van der Waals surface area contributed by atoms with Gasteiger partial charge in [0.25, 0.3) is 0 Å². The lowest BCUT2D eigenvalue weighted by molar-refractivity contribution is -0.136. The first-order chi connectivity index (χ1) is 11.4. The lowest BCUT2D eigenvalue weighted by Crippen LogP contribution is -2.03. The van der Waals surface area contributed by atoms with Crippen LogP contribution in [0.1, 0.15) is 52.4 Å². The number of fused-ring (bicyclic) bond motifs is 1. The molecule has 0 bridgehead atoms. The number of ether oxygens (including phenoxy) is 1. The van der Waals surface area contributed by atoms with Crippen molar-refractivity contribution in [3.8, 4) is 5.75 Å². The predicted molar refractivity (Wildman–Crippen MR) is 86.4 cm³/mol. The van der Waals surface area contributed by atoms with Crippen LogP contribution >= 0.6 is 0 Å². The molecule has 0 radical (unpaired) electrons. The van der Waals surface area contributed by atoms with Crippen molar-refractivity contribution in [2.75, 3.05) is 0 Å². The molecule has 0 amide bonds. The molecule has 0 fully saturated rings. The van der Waals surface area contributed by atoms with Gasteiger partial charge in [-0.15, -0.1) is 0 Å². The SMILES string of the molecule is C/C(=C\Cc1c(O)c2c(c(C)c1C=CF)COC2=O)CCC(=O)O. The Labute approximate surface area is 139 Å². The van der Waals surface area contributed by atoms with Crippen molar-refractivity contribution in [1.29, 1.82) is 0 Å². The van der Waals surface area contributed by atoms with E-state index < -0.39 is 11.9 Å². The van der Waals surface area contributed by atoms with Crippen LogP contribution in [0.5, 0.6) is 5.75 Å². The summed E-state index contributed by atoms with van der Waals surface area (Å²) in [5.41, 5.74) is 3.17. The largest absolute Gasteiger partial charge is 0.507 e. The van der Waals surface area contributed by atoms with Crippen LogP contribution in [0.25, 0.3) is 6.08 Å². The molecule has 0 unspecified atom stereocenters. The van der Waals surface area contributed by atoms with Gasteiger partial charge in [-0.05, 0) is 43.9 Å². The van der Waals surface area contributed by atoms with Crippen LogP contribution in [0.4, 0.5) is 4.39 Å². The Hall–Kier alpha value is -2.63. The number of cyclic esters (lactones) is 1. The third-order valence-corrected chi connectivity index (χ3v) is 4.18. The van der Waals surface area contributed by atoms with Crippen molar-refractivity contribution in [3.63, 3.8) is 0 Å². The standard InChI is InChI=1S/C18H19FO5/c1-10(4-6-15(20)21)3-5-13-12(7-8-19)11(2)14-9-24-18(23)16(14)17(13)22/h3,7-8,22H,4-6,9H2,1-2H3,(H,20,21)/b8-7?,10-3+. The number of carbonyl (C=O) groups is 2. The van der Waals surface area contributed by atoms with Crippen LogP contribution in [-0.2, 0) is 22.6 Å². The molecule has 1 aliphatic heterocycles. The lowest BCUT2D eigenvalue weighted by Gasteiger charge is -2.14. The topological polar surface area (TPSA) is 83.8 Å². The molecular formula is C18H19FO5. The van der Waals surface area contributed by atoms with E-state index in [-0.39, 0.29) is 30.8 Å². The van der Waals surface area contributed by atoms with Crippen LogP contribution < -0.4 is 0 Å². The van der Waals surface area contributed by atoms with E-state index in [1.54, 1.807) is 19.9 Å². The molecule has 0 atom stereocenters. The maximum Gasteiger partial charge on any atom is 0.342 e. The summed E-state index contributed by atoms with van der Waals surface area (Å²) in [6.45, 7) is 3.60. The summed E-state index contributed by atoms with van der Waals surface area (Å²) in [4.78, 5) is 22.4. The highest BCUT2D eigenvalue weighted by Gasteiger charge is 2.30. The average Bonchev–Trinajstić information content (AvgIpc) is 2.92. The van der Waals surface area contributed by atoms with Crippen molar-refractivity contribution >= 4 is 18.0 Å². The van der Waals surface area contributed by atoms with Gasteiger partial charge in [0, 0.05) is 17.5 Å². The number of phenols is 1. The molecule has 0 saturated carbocycles. The maximum absolute atomic E-state index is 12.8. The summed E-state index contributed by atoms with van der Waals surface area (Å²) in [5, 5.41) is 19.2. The van der Waals surface area contributed by atoms with E-state index in [1.165, 1.54) is 6.08 Å². The van der Waals surface area contributed by atoms with Gasteiger partial charge in [-0.3, -0.25) is 4.79 Å². The Morgan fingerprint density at radius 3 is 2.71 bits per heavy atom. The average molecular weight is 334 g/mol. The molecule has 2 N–H and O–H groups in total. The minimum Gasteiger partial charge on any atom is -0.507 e. The zero-order valence-corrected chi connectivity index (χ0v) is 13.6. The number of rotatable bonds is 6. The molecule has 24 heavy (non-hydrogen) atoms. The van der Waals surface area contributed by atoms with Crippen molar-refractivity contribution in [3.05, 3.63) is 45.8 Å². The molecule has 0 saturated heterocycles. The highest BCUT2D eigenvalue weighted by Crippen LogP contribution is 2.38. The van der Waals surface area contributed by atoms with Crippen LogP contribution in [0.2, 0.25) is 0 Å². The highest BCUT2D eigenvalue weighted by atomic mass is 19.1. The maximum atomic E-state index is 12.8. The smallest absolute Gasteiger partial charge is 0.342 e. The summed E-state index contributed by atoms with van der Waals surface area (Å²) in [7, 11) is 0. The van der Waals surface area contributed by atoms with Gasteiger partial charge < -0.3 is 14.9 Å². The number of hydrogen-bond acceptors (Lipinski definition) is 4. The van der Waals surface area contributed by atoms with E-state index in [9.17, 15) is 19.1 Å². The van der Waals surface area contributed by atoms with Crippen molar-refractivity contribution in [2.24, 2.45) is 0 Å². The molecule has 1 aromatic carbocycles. The second-order valence-electron chi connectivity index (χ2n) is 5.74. The lowest BCUT2D eigenvalue weighted by atomic mass is 9.90. The molecule has 5 nitrogen and oxygen atoms in total. The molecule has 0 aliphatic carbocycles. The monoisotopic (exact) mass is 334 g/mol. The molecular weight excluding hydrogens is 315 g/mol. The number of benzene rings is 1. The first kappa shape index (κ1) is 17.7. The van der Waals surface area contributed by atoms with Crippen molar-refractivity contribution in [1.82, 2.24) is 0 Å². The number of carbonyl (C=O) groups excluding carboxylic acids is 1. The van der Waals surface area contributed by atoms with E-state index in [2.05, 4.69) is 0 Å². The number of halogens is 1. The van der Waals surface area contributed by atoms with Crippen LogP contribution in [0, 0.1) is 6.92 Å². The third-order valence-electron chi connectivity index (χ3n) is 4.18. The van der Waals surface area contributed by atoms with Crippen LogP contribution in [0.15, 0.2) is 18.0 Å². The molecule has 0 aromatic heterocycles. The number of aliphatic carboxylic acids is 1. The van der Waals surface area contributed by atoms with E-state index in [4.69, 9.17) is 9.84 Å². The first-order valence-electron chi connectivity index (χ1n) is 7.55. The minimum absolute atomic E-state index is 0.0150. The van der Waals surface area contributed by atoms with Crippen LogP contribution in [0.3, 0.4) is 0 Å². The fourth-order valence-corrected chi connectivity index (χ4v) is 2.79. The van der Waals surface area contributed by atoms with Gasteiger partial charge in [-0.2, -0.15) is 0 Å². The van der Waals surface area contributed by atoms with E-state index in [1.807, 2.05) is 0 Å². The fourth-order valence-electron chi connectivity index (χ4n) is 2.79. The Morgan fingerprint density at radius 1 is 1.38 bits per heavy atom. The number of aromatic hydroxyl groups is 1. The number of carboxylic acid groups (broad SMARTS) is 1. The quantitative estimate of drug-likeness (QED) is 0.612. The molecule has 2 rings (SSSR count). The summed E-state index contributed by atoms with van der Waals surface area (Å²) in [6, 6.07) is 0. The zero-order chi connectivity index (χ0) is 17.9. The Bertz CT molecular complexity index is 747. The number of phenolic OH excluding ortho intramolecular Hbond substituents is 1. The highest BCUT2D eigenvalue weighted by molar-refractivity contribution is 5.98. The number of allylic oxidation sites excluding steroid dienone is 2. The van der Waals surface area contributed by atoms with Gasteiger partial charge in [-0.25, -0.2) is 9.18 Å². The minimum atomic E-state index is -0.886. The van der Waals surface area contributed by atoms with Gasteiger partial charge in [-0.1, -0.05) is 11.6 Å². The number of esters is 1. The van der Waals surface area contributed by atoms with Gasteiger partial charge >= 0.3 is 11.9 Å². The Kier molecular flexibility index (Phi) is 5.39. The summed E-state index contributed by atoms with van der Waals surface area (Å²) in [5.74, 6) is -1.68. The Balaban J connectivity index is 2.43. The van der Waals surface area contributed by atoms with Gasteiger partial charge in [0.05, 0.1) is 6.33 Å². The fraction of sp³-hybridized carbons (Fsp3) is 0.333. The normalized spacial score (nSPS) is 14.1. The van der Waals surface area contributed by atoms with Crippen molar-refractivity contribution < 1.29 is 28.9 Å². The van der Waals surface area contributed by atoms with E-state index >= 15 is 0 Å².